The summed E-state index contributed by atoms with van der Waals surface area (Å²) in [5.41, 5.74) is 13.6. The third-order valence-electron chi connectivity index (χ3n) is 14.6. The molecule has 0 aliphatic carbocycles. The molecule has 28 heteroatoms. The summed E-state index contributed by atoms with van der Waals surface area (Å²) >= 11 is 0. The Kier molecular flexibility index (Phi) is 24.6. The van der Waals surface area contributed by atoms with Gasteiger partial charge in [0.15, 0.2) is 11.7 Å². The van der Waals surface area contributed by atoms with Gasteiger partial charge < -0.3 is 79.4 Å². The number of ketones is 1. The second kappa shape index (κ2) is 32.1. The first kappa shape index (κ1) is 65.1. The van der Waals surface area contributed by atoms with E-state index in [0.717, 1.165) is 11.8 Å². The molecular weight excluding hydrogens is 1100 g/mol. The third-order valence-corrected chi connectivity index (χ3v) is 14.6. The van der Waals surface area contributed by atoms with Gasteiger partial charge in [0, 0.05) is 81.3 Å². The Labute approximate surface area is 490 Å². The van der Waals surface area contributed by atoms with Gasteiger partial charge in [-0.2, -0.15) is 0 Å². The number of allylic oxidation sites excluding steroid dienone is 1. The average Bonchev–Trinajstić information content (AvgIpc) is 3.84. The number of H-pyrrole nitrogens is 1. The summed E-state index contributed by atoms with van der Waals surface area (Å²) in [6.07, 6.45) is 5.15. The van der Waals surface area contributed by atoms with Gasteiger partial charge in [-0.25, -0.2) is 0 Å². The number of aromatic nitrogens is 1. The monoisotopic (exact) mass is 1180 g/mol. The highest BCUT2D eigenvalue weighted by atomic mass is 16.3. The normalized spacial score (nSPS) is 22.9. The fourth-order valence-electron chi connectivity index (χ4n) is 10.1. The summed E-state index contributed by atoms with van der Waals surface area (Å²) in [5.74, 6) is -9.12. The number of amides is 10. The molecule has 10 amide bonds. The average molecular weight is 1180 g/mol. The molecule has 2 saturated heterocycles. The minimum atomic E-state index is -1.72. The van der Waals surface area contributed by atoms with Gasteiger partial charge in [-0.3, -0.25) is 62.7 Å². The predicted molar refractivity (Wildman–Crippen MR) is 310 cm³/mol. The molecule has 4 heterocycles. The zero-order valence-electron chi connectivity index (χ0n) is 47.5. The first-order chi connectivity index (χ1) is 40.7. The minimum absolute atomic E-state index is 0.00385. The van der Waals surface area contributed by atoms with E-state index in [1.165, 1.54) is 6.92 Å². The topological polar surface area (TPSA) is 432 Å². The summed E-state index contributed by atoms with van der Waals surface area (Å²) in [6.45, 7) is 0.579. The van der Waals surface area contributed by atoms with Gasteiger partial charge in [0.25, 0.3) is 0 Å². The number of aromatic amines is 1. The predicted octanol–water partition coefficient (Wildman–Crippen LogP) is -3.09. The van der Waals surface area contributed by atoms with Crippen LogP contribution in [0.15, 0.2) is 82.6 Å². The van der Waals surface area contributed by atoms with Gasteiger partial charge in [-0.05, 0) is 69.1 Å². The number of aliphatic hydroxyl groups excluding tert-OH is 2. The van der Waals surface area contributed by atoms with E-state index in [9.17, 15) is 58.2 Å². The number of nitrogens with zero attached hydrogens (tertiary/aromatic N) is 3. The number of benzene rings is 2. The molecule has 0 saturated carbocycles. The molecule has 0 unspecified atom stereocenters. The maximum Gasteiger partial charge on any atom is 0.246 e. The van der Waals surface area contributed by atoms with Crippen molar-refractivity contribution in [3.05, 3.63) is 83.7 Å². The number of hydrogen-bond donors (Lipinski definition) is 14. The summed E-state index contributed by atoms with van der Waals surface area (Å²) in [7, 11) is 0. The Balaban J connectivity index is 1.39. The molecule has 1 aromatic heterocycles. The van der Waals surface area contributed by atoms with Crippen LogP contribution in [-0.2, 0) is 65.6 Å². The van der Waals surface area contributed by atoms with E-state index >= 15 is 4.79 Å². The van der Waals surface area contributed by atoms with Crippen molar-refractivity contribution in [2.24, 2.45) is 21.5 Å². The summed E-state index contributed by atoms with van der Waals surface area (Å²) in [5, 5.41) is 44.2. The first-order valence-electron chi connectivity index (χ1n) is 28.3. The van der Waals surface area contributed by atoms with Crippen molar-refractivity contribution in [2.45, 2.75) is 145 Å². The van der Waals surface area contributed by atoms with Crippen LogP contribution in [0, 0.1) is 0 Å². The molecule has 85 heavy (non-hydrogen) atoms. The van der Waals surface area contributed by atoms with E-state index in [0.29, 0.717) is 34.1 Å². The van der Waals surface area contributed by atoms with Gasteiger partial charge in [0.05, 0.1) is 19.6 Å². The van der Waals surface area contributed by atoms with Crippen molar-refractivity contribution in [1.29, 1.82) is 0 Å². The highest BCUT2D eigenvalue weighted by Crippen LogP contribution is 2.23. The highest BCUT2D eigenvalue weighted by Gasteiger charge is 2.41. The van der Waals surface area contributed by atoms with Crippen LogP contribution in [0.5, 0.6) is 0 Å². The van der Waals surface area contributed by atoms with Gasteiger partial charge in [0.1, 0.15) is 54.4 Å². The molecule has 28 nitrogen and oxygen atoms in total. The van der Waals surface area contributed by atoms with Crippen molar-refractivity contribution in [1.82, 2.24) is 57.7 Å². The maximum absolute atomic E-state index is 15.1. The van der Waals surface area contributed by atoms with Crippen molar-refractivity contribution in [3.8, 4) is 0 Å². The molecule has 16 N–H and O–H groups in total. The van der Waals surface area contributed by atoms with Gasteiger partial charge in [-0.15, -0.1) is 0 Å². The number of nitrogens with one attached hydrogen (secondary N) is 10. The molecule has 3 aromatic rings. The fraction of sp³-hybridized carbons (Fsp3) is 0.491. The van der Waals surface area contributed by atoms with E-state index < -0.39 is 139 Å². The number of aliphatic imine (C=N–C) groups is 2. The number of hydrogen-bond acceptors (Lipinski definition) is 15. The van der Waals surface area contributed by atoms with E-state index in [4.69, 9.17) is 11.5 Å². The summed E-state index contributed by atoms with van der Waals surface area (Å²) < 4.78 is 0. The van der Waals surface area contributed by atoms with Gasteiger partial charge >= 0.3 is 0 Å². The molecule has 9 atom stereocenters. The molecule has 0 bridgehead atoms. The zero-order valence-corrected chi connectivity index (χ0v) is 47.5. The Morgan fingerprint density at radius 3 is 2.06 bits per heavy atom. The molecule has 3 aliphatic rings. The molecule has 2 fully saturated rings. The van der Waals surface area contributed by atoms with Crippen molar-refractivity contribution in [3.63, 3.8) is 0 Å². The summed E-state index contributed by atoms with van der Waals surface area (Å²) in [4.78, 5) is 167. The number of carbonyl (C=O) groups is 11. The van der Waals surface area contributed by atoms with E-state index in [1.807, 2.05) is 0 Å². The van der Waals surface area contributed by atoms with E-state index in [-0.39, 0.29) is 89.8 Å². The first-order valence-corrected chi connectivity index (χ1v) is 28.3. The van der Waals surface area contributed by atoms with Gasteiger partial charge in [0.2, 0.25) is 59.1 Å². The highest BCUT2D eigenvalue weighted by molar-refractivity contribution is 6.00. The lowest BCUT2D eigenvalue weighted by Crippen LogP contribution is -2.61. The Hall–Kier alpha value is -9.05. The molecule has 458 valence electrons. The summed E-state index contributed by atoms with van der Waals surface area (Å²) in [6, 6.07) is 2.96. The molecule has 3 aliphatic heterocycles. The quantitative estimate of drug-likeness (QED) is 0.0321. The second-order valence-corrected chi connectivity index (χ2v) is 21.0. The molecular formula is C57H77N15O13. The maximum atomic E-state index is 15.1. The van der Waals surface area contributed by atoms with E-state index in [2.05, 4.69) is 62.8 Å². The number of nitrogens with two attached hydrogens (primary N) is 2. The number of aliphatic hydroxyl groups is 2. The minimum Gasteiger partial charge on any atom is -0.394 e. The van der Waals surface area contributed by atoms with Crippen LogP contribution in [0.4, 0.5) is 0 Å². The van der Waals surface area contributed by atoms with Crippen LogP contribution in [0.2, 0.25) is 0 Å². The SMILES string of the molecule is CC(=O)N[C@H]1CCCCNC(=O)C[C@@H](C(=O)N2CCC[C@H]2C(=O)N[C@@H](CO)C(=O)N[C@@H](CO)C(C)=O)NC(=O)[C@H](Cc2c[nH]c3ccccc23)NC(=O)[C@H](CCCN=C(N)N)NC(=O)[C@@H](Cc2ccccc2)NC(=O)[C@H](CC2=CCC=N2)NC1=O. The molecule has 0 radical (unpaired) electrons. The van der Waals surface area contributed by atoms with Crippen molar-refractivity contribution in [2.75, 3.05) is 32.8 Å². The number of likely N-dealkylation sites (tertiary alicyclic amines) is 1. The van der Waals surface area contributed by atoms with E-state index in [1.54, 1.807) is 73.1 Å². The lowest BCUT2D eigenvalue weighted by Gasteiger charge is -2.31. The smallest absolute Gasteiger partial charge is 0.246 e. The molecule has 0 spiro atoms. The van der Waals surface area contributed by atoms with Crippen LogP contribution < -0.4 is 59.3 Å². The van der Waals surface area contributed by atoms with Crippen LogP contribution in [-0.4, -0.2) is 184 Å². The number of carbonyl (C=O) groups excluding carboxylic acids is 11. The number of guanidine groups is 1. The van der Waals surface area contributed by atoms with Crippen molar-refractivity contribution < 1.29 is 63.0 Å². The largest absolute Gasteiger partial charge is 0.394 e. The lowest BCUT2D eigenvalue weighted by molar-refractivity contribution is -0.144. The Morgan fingerprint density at radius 2 is 1.39 bits per heavy atom. The Morgan fingerprint density at radius 1 is 0.741 bits per heavy atom. The molecule has 2 aromatic carbocycles. The molecule has 6 rings (SSSR count). The fourth-order valence-corrected chi connectivity index (χ4v) is 10.1. The lowest BCUT2D eigenvalue weighted by atomic mass is 10.0. The van der Waals surface area contributed by atoms with Crippen LogP contribution in [0.25, 0.3) is 10.9 Å². The number of para-hydroxylation sites is 1. The Bertz CT molecular complexity index is 3000. The number of fused-ring (bicyclic) bond motifs is 1. The van der Waals surface area contributed by atoms with Crippen molar-refractivity contribution >= 4 is 87.9 Å². The second-order valence-electron chi connectivity index (χ2n) is 21.0. The zero-order chi connectivity index (χ0) is 61.6. The van der Waals surface area contributed by atoms with Crippen LogP contribution in [0.1, 0.15) is 89.2 Å². The number of rotatable bonds is 19. The third kappa shape index (κ3) is 19.5. The van der Waals surface area contributed by atoms with Crippen LogP contribution >= 0.6 is 0 Å². The number of Topliss-reactive ketones (excluding diaryl/α,β-unsaturated/α-hetero) is 1. The standard InChI is InChI=1S/C57H77N15O13/c1-32(75)45(30-73)70-54(83)46(31-74)71-55(84)47-20-12-24-72(47)56(85)44-28-48(77)61-21-9-8-18-39(64-33(2)76)49(78)68-43(27-36-15-10-22-60-36)53(82)66-41(25-34-13-4-3-5-14-34)51(80)65-40(19-11-23-62-57(58)59)50(79)67-42(52(81)69-44)26-35-29-63-38-17-7-6-16-37(35)38/h3-7,13-17,22,29,39-47,63,73-74H,8-12,18-21,23-28,30-31H2,1-2H3,(H,61,77)(H,64,76)(H,65,80)(H,66,82)(H,67,79)(H,68,78)(H,69,81)(H,70,83)(H,71,84)(H4,58,59,62)/t39-,40-,41+,42-,43-,44-,45-,46-,47-/m0/s1. The van der Waals surface area contributed by atoms with Crippen LogP contribution in [0.3, 0.4) is 0 Å². The van der Waals surface area contributed by atoms with Gasteiger partial charge in [-0.1, -0.05) is 54.6 Å².